The molecular weight excluding hydrogens is 483 g/mol. The fourth-order valence-corrected chi connectivity index (χ4v) is 5.51. The summed E-state index contributed by atoms with van der Waals surface area (Å²) >= 11 is 0. The smallest absolute Gasteiger partial charge is 0.357 e. The molecular formula is C22H29N2O10P. The first-order valence-corrected chi connectivity index (χ1v) is 12.3. The molecule has 0 saturated heterocycles. The number of aliphatic hydroxyl groups is 1. The van der Waals surface area contributed by atoms with Crippen LogP contribution in [0.4, 0.5) is 0 Å². The number of aliphatic hydroxyl groups excluding tert-OH is 1. The number of hydrogen-bond acceptors (Lipinski definition) is 8. The van der Waals surface area contributed by atoms with Crippen LogP contribution in [0.2, 0.25) is 0 Å². The van der Waals surface area contributed by atoms with Crippen molar-refractivity contribution in [2.24, 2.45) is 11.8 Å². The highest BCUT2D eigenvalue weighted by Crippen LogP contribution is 2.59. The highest BCUT2D eigenvalue weighted by Gasteiger charge is 2.56. The topological polar surface area (TPSA) is 185 Å². The number of nitrogens with zero attached hydrogens (tertiary/aromatic N) is 1. The van der Waals surface area contributed by atoms with Crippen LogP contribution in [0.1, 0.15) is 42.8 Å². The summed E-state index contributed by atoms with van der Waals surface area (Å²) in [5.74, 6) is -3.84. The zero-order valence-corrected chi connectivity index (χ0v) is 20.5. The van der Waals surface area contributed by atoms with E-state index in [0.717, 1.165) is 12.3 Å². The van der Waals surface area contributed by atoms with Gasteiger partial charge in [0.25, 0.3) is 11.5 Å². The number of carbonyl (C=O) groups is 2. The number of esters is 1. The van der Waals surface area contributed by atoms with E-state index < -0.39 is 66.7 Å². The first-order chi connectivity index (χ1) is 16.3. The standard InChI is InChI=1S/C22H29N2O10P/c1-13(2)22(14(3)4,35(30,31)32)34-16(12-25)18(33-20(28)15-8-6-5-7-9-15)19(27)24-11-10-17(26)23-21(24)29/h5-11,13-14,16,18,25H,12H2,1-4H3,(H,23,26,29)(H2,30,31,32)/t16-,18+/m0/s1. The third-order valence-corrected chi connectivity index (χ3v) is 7.56. The van der Waals surface area contributed by atoms with Gasteiger partial charge < -0.3 is 24.4 Å². The fraction of sp³-hybridized carbons (Fsp3) is 0.455. The van der Waals surface area contributed by atoms with Crippen molar-refractivity contribution < 1.29 is 38.5 Å². The highest BCUT2D eigenvalue weighted by molar-refractivity contribution is 7.53. The van der Waals surface area contributed by atoms with Crippen LogP contribution in [0.5, 0.6) is 0 Å². The molecule has 0 radical (unpaired) electrons. The third-order valence-electron chi connectivity index (χ3n) is 5.52. The Morgan fingerprint density at radius 1 is 1.06 bits per heavy atom. The van der Waals surface area contributed by atoms with Crippen LogP contribution in [-0.4, -0.2) is 60.5 Å². The van der Waals surface area contributed by atoms with Gasteiger partial charge in [0, 0.05) is 12.3 Å². The van der Waals surface area contributed by atoms with E-state index in [2.05, 4.69) is 0 Å². The van der Waals surface area contributed by atoms with Crippen molar-refractivity contribution in [3.8, 4) is 0 Å². The Bertz CT molecular complexity index is 1190. The Hall–Kier alpha value is -2.89. The van der Waals surface area contributed by atoms with Crippen LogP contribution in [0.25, 0.3) is 0 Å². The minimum absolute atomic E-state index is 0.0322. The molecule has 13 heteroatoms. The van der Waals surface area contributed by atoms with Gasteiger partial charge in [0.1, 0.15) is 6.10 Å². The maximum atomic E-state index is 13.3. The fourth-order valence-electron chi connectivity index (χ4n) is 3.89. The second kappa shape index (κ2) is 11.2. The summed E-state index contributed by atoms with van der Waals surface area (Å²) < 4.78 is 24.1. The molecule has 12 nitrogen and oxygen atoms in total. The molecule has 0 amide bonds. The van der Waals surface area contributed by atoms with Gasteiger partial charge in [0.2, 0.25) is 6.10 Å². The second-order valence-electron chi connectivity index (χ2n) is 8.45. The summed E-state index contributed by atoms with van der Waals surface area (Å²) in [4.78, 5) is 72.0. The molecule has 0 aliphatic carbocycles. The van der Waals surface area contributed by atoms with Crippen molar-refractivity contribution in [2.75, 3.05) is 6.61 Å². The van der Waals surface area contributed by atoms with E-state index in [1.807, 2.05) is 4.98 Å². The zero-order chi connectivity index (χ0) is 26.6. The predicted octanol–water partition coefficient (Wildman–Crippen LogP) is 0.966. The summed E-state index contributed by atoms with van der Waals surface area (Å²) in [6.45, 7) is 4.97. The first kappa shape index (κ1) is 28.3. The molecule has 1 heterocycles. The normalized spacial score (nSPS) is 14.1. The second-order valence-corrected chi connectivity index (χ2v) is 10.2. The summed E-state index contributed by atoms with van der Waals surface area (Å²) in [5, 5.41) is 7.94. The van der Waals surface area contributed by atoms with Gasteiger partial charge in [0.15, 0.2) is 5.34 Å². The molecule has 0 aliphatic rings. The summed E-state index contributed by atoms with van der Waals surface area (Å²) in [7, 11) is -5.04. The number of aromatic nitrogens is 2. The van der Waals surface area contributed by atoms with Crippen molar-refractivity contribution >= 4 is 19.5 Å². The molecule has 0 aliphatic heterocycles. The van der Waals surface area contributed by atoms with Crippen LogP contribution in [0.3, 0.4) is 0 Å². The van der Waals surface area contributed by atoms with Crippen molar-refractivity contribution in [1.82, 2.24) is 9.55 Å². The minimum Gasteiger partial charge on any atom is -0.446 e. The van der Waals surface area contributed by atoms with E-state index in [4.69, 9.17) is 9.47 Å². The average molecular weight is 512 g/mol. The Morgan fingerprint density at radius 2 is 1.63 bits per heavy atom. The summed E-state index contributed by atoms with van der Waals surface area (Å²) in [6, 6.07) is 8.39. The van der Waals surface area contributed by atoms with Gasteiger partial charge in [-0.2, -0.15) is 0 Å². The van der Waals surface area contributed by atoms with Crippen LogP contribution >= 0.6 is 7.60 Å². The lowest BCUT2D eigenvalue weighted by atomic mass is 9.94. The van der Waals surface area contributed by atoms with Crippen molar-refractivity contribution in [3.05, 3.63) is 69.0 Å². The average Bonchev–Trinajstić information content (AvgIpc) is 2.77. The largest absolute Gasteiger partial charge is 0.446 e. The molecule has 0 spiro atoms. The molecule has 4 N–H and O–H groups in total. The monoisotopic (exact) mass is 512 g/mol. The van der Waals surface area contributed by atoms with Crippen molar-refractivity contribution in [3.63, 3.8) is 0 Å². The van der Waals surface area contributed by atoms with Gasteiger partial charge >= 0.3 is 19.3 Å². The van der Waals surface area contributed by atoms with Gasteiger partial charge in [-0.25, -0.2) is 14.2 Å². The van der Waals surface area contributed by atoms with Crippen LogP contribution in [0, 0.1) is 11.8 Å². The first-order valence-electron chi connectivity index (χ1n) is 10.7. The molecule has 1 aromatic heterocycles. The SMILES string of the molecule is CC(C)C(O[C@@H](CO)[C@@H](OC(=O)c1ccccc1)C(=O)n1ccc(=O)[nH]c1=O)(C(C)C)P(=O)(O)O. The molecule has 2 rings (SSSR count). The van der Waals surface area contributed by atoms with Crippen molar-refractivity contribution in [2.45, 2.75) is 45.2 Å². The quantitative estimate of drug-likeness (QED) is 0.264. The van der Waals surface area contributed by atoms with E-state index >= 15 is 0 Å². The Labute approximate surface area is 200 Å². The molecule has 192 valence electrons. The lowest BCUT2D eigenvalue weighted by Gasteiger charge is -2.44. The number of nitrogens with one attached hydrogen (secondary N) is 1. The van der Waals surface area contributed by atoms with E-state index in [-0.39, 0.29) is 5.56 Å². The van der Waals surface area contributed by atoms with Gasteiger partial charge in [-0.3, -0.25) is 19.1 Å². The van der Waals surface area contributed by atoms with Crippen LogP contribution in [0.15, 0.2) is 52.2 Å². The predicted molar refractivity (Wildman–Crippen MR) is 124 cm³/mol. The molecule has 2 atom stereocenters. The zero-order valence-electron chi connectivity index (χ0n) is 19.7. The lowest BCUT2D eigenvalue weighted by molar-refractivity contribution is -0.148. The van der Waals surface area contributed by atoms with Gasteiger partial charge in [-0.15, -0.1) is 0 Å². The number of rotatable bonds is 10. The lowest BCUT2D eigenvalue weighted by Crippen LogP contribution is -2.54. The Morgan fingerprint density at radius 3 is 2.09 bits per heavy atom. The highest BCUT2D eigenvalue weighted by atomic mass is 31.2. The van der Waals surface area contributed by atoms with Crippen LogP contribution < -0.4 is 11.2 Å². The van der Waals surface area contributed by atoms with E-state index in [1.165, 1.54) is 52.0 Å². The number of hydrogen-bond donors (Lipinski definition) is 4. The Balaban J connectivity index is 2.62. The maximum absolute atomic E-state index is 13.3. The molecule has 0 saturated carbocycles. The third kappa shape index (κ3) is 6.03. The van der Waals surface area contributed by atoms with Crippen molar-refractivity contribution in [1.29, 1.82) is 0 Å². The van der Waals surface area contributed by atoms with E-state index in [0.29, 0.717) is 4.57 Å². The number of H-pyrrole nitrogens is 1. The Kier molecular flexibility index (Phi) is 9.10. The van der Waals surface area contributed by atoms with E-state index in [9.17, 15) is 38.6 Å². The van der Waals surface area contributed by atoms with E-state index in [1.54, 1.807) is 6.07 Å². The number of carbonyl (C=O) groups excluding carboxylic acids is 2. The molecule has 0 bridgehead atoms. The molecule has 0 unspecified atom stereocenters. The molecule has 1 aromatic carbocycles. The summed E-state index contributed by atoms with van der Waals surface area (Å²) in [5.41, 5.74) is -1.90. The van der Waals surface area contributed by atoms with Gasteiger partial charge in [-0.05, 0) is 24.0 Å². The minimum atomic E-state index is -5.04. The van der Waals surface area contributed by atoms with Crippen LogP contribution in [-0.2, 0) is 14.0 Å². The molecule has 35 heavy (non-hydrogen) atoms. The molecule has 0 fully saturated rings. The molecule has 2 aromatic rings. The maximum Gasteiger partial charge on any atom is 0.357 e. The van der Waals surface area contributed by atoms with Gasteiger partial charge in [0.05, 0.1) is 12.2 Å². The summed E-state index contributed by atoms with van der Waals surface area (Å²) in [6.07, 6.45) is -2.95. The van der Waals surface area contributed by atoms with Gasteiger partial charge in [-0.1, -0.05) is 45.9 Å². The number of aromatic amines is 1. The number of ether oxygens (including phenoxy) is 2. The number of benzene rings is 1.